The lowest BCUT2D eigenvalue weighted by atomic mass is 9.95. The average Bonchev–Trinajstić information content (AvgIpc) is 2.74. The quantitative estimate of drug-likeness (QED) is 0.673. The van der Waals surface area contributed by atoms with Gasteiger partial charge in [-0.3, -0.25) is 0 Å². The van der Waals surface area contributed by atoms with Crippen LogP contribution in [0.2, 0.25) is 0 Å². The Bertz CT molecular complexity index is 612. The van der Waals surface area contributed by atoms with E-state index in [9.17, 15) is 14.7 Å². The number of esters is 1. The van der Waals surface area contributed by atoms with E-state index in [1.807, 2.05) is 26.8 Å². The summed E-state index contributed by atoms with van der Waals surface area (Å²) in [5.41, 5.74) is 2.03. The highest BCUT2D eigenvalue weighted by atomic mass is 16.5. The van der Waals surface area contributed by atoms with E-state index in [-0.39, 0.29) is 10.5 Å². The Balaban J connectivity index is 2.46. The summed E-state index contributed by atoms with van der Waals surface area (Å²) in [6.07, 6.45) is -0.177. The van der Waals surface area contributed by atoms with E-state index in [0.29, 0.717) is 31.8 Å². The first-order valence-corrected chi connectivity index (χ1v) is 7.59. The van der Waals surface area contributed by atoms with Gasteiger partial charge in [-0.1, -0.05) is 0 Å². The molecular weight excluding hydrogens is 284 g/mol. The van der Waals surface area contributed by atoms with Gasteiger partial charge in [0.05, 0.1) is 18.8 Å². The average molecular weight is 309 g/mol. The number of amides is 1. The van der Waals surface area contributed by atoms with Crippen molar-refractivity contribution < 1.29 is 23.9 Å². The van der Waals surface area contributed by atoms with E-state index in [2.05, 4.69) is 0 Å². The summed E-state index contributed by atoms with van der Waals surface area (Å²) in [5, 5.41) is 9.81. The van der Waals surface area contributed by atoms with Gasteiger partial charge in [0.2, 0.25) is 0 Å². The second-order valence-electron chi connectivity index (χ2n) is 6.83. The van der Waals surface area contributed by atoms with Crippen LogP contribution in [0.4, 0.5) is 4.79 Å². The number of hydrogen-bond acceptors (Lipinski definition) is 3. The number of ether oxygens (including phenoxy) is 1. The van der Waals surface area contributed by atoms with Gasteiger partial charge < -0.3 is 14.4 Å². The molecule has 1 aliphatic heterocycles. The number of carboxylic acid groups (broad SMARTS) is 1. The number of carbonyl (C=O) groups is 2. The number of hydrogen-bond donors (Lipinski definition) is 1. The zero-order valence-electron chi connectivity index (χ0n) is 14.0. The van der Waals surface area contributed by atoms with Gasteiger partial charge in [0.15, 0.2) is 0 Å². The standard InChI is InChI=1S/C16H24N2O4/c1-6-22-14(19)12-9-11-7-8-18(15(20)21,16(2,3)4)10-13(11)17(12)5/h9H,6-8,10H2,1-5H3/p+1. The van der Waals surface area contributed by atoms with Crippen molar-refractivity contribution >= 4 is 12.1 Å². The number of nitrogens with zero attached hydrogens (tertiary/aromatic N) is 2. The van der Waals surface area contributed by atoms with E-state index >= 15 is 0 Å². The van der Waals surface area contributed by atoms with Gasteiger partial charge in [-0.05, 0) is 39.3 Å². The third kappa shape index (κ3) is 2.41. The Labute approximate surface area is 130 Å². The molecule has 0 fully saturated rings. The smallest absolute Gasteiger partial charge is 0.461 e. The topological polar surface area (TPSA) is 68.5 Å². The van der Waals surface area contributed by atoms with Gasteiger partial charge in [0.1, 0.15) is 17.8 Å². The zero-order chi connectivity index (χ0) is 16.7. The zero-order valence-corrected chi connectivity index (χ0v) is 14.0. The third-order valence-electron chi connectivity index (χ3n) is 4.77. The molecule has 6 nitrogen and oxygen atoms in total. The second-order valence-corrected chi connectivity index (χ2v) is 6.83. The number of quaternary nitrogens is 1. The second kappa shape index (κ2) is 5.43. The summed E-state index contributed by atoms with van der Waals surface area (Å²) < 4.78 is 6.83. The molecule has 0 radical (unpaired) electrons. The molecule has 1 unspecified atom stereocenters. The molecule has 0 saturated heterocycles. The summed E-state index contributed by atoms with van der Waals surface area (Å²) in [6, 6.07) is 1.84. The highest BCUT2D eigenvalue weighted by molar-refractivity contribution is 5.88. The molecular formula is C16H25N2O4+. The maximum Gasteiger partial charge on any atom is 0.514 e. The van der Waals surface area contributed by atoms with Gasteiger partial charge in [-0.2, -0.15) is 4.79 Å². The first-order chi connectivity index (χ1) is 10.1. The van der Waals surface area contributed by atoms with Crippen molar-refractivity contribution in [3.05, 3.63) is 23.0 Å². The maximum absolute atomic E-state index is 12.0. The van der Waals surface area contributed by atoms with E-state index in [1.54, 1.807) is 18.5 Å². The molecule has 1 amide bonds. The minimum Gasteiger partial charge on any atom is -0.461 e. The lowest BCUT2D eigenvalue weighted by Gasteiger charge is -2.45. The van der Waals surface area contributed by atoms with Crippen LogP contribution in [0.5, 0.6) is 0 Å². The van der Waals surface area contributed by atoms with Gasteiger partial charge in [0, 0.05) is 13.5 Å². The molecule has 6 heteroatoms. The minimum atomic E-state index is -0.822. The minimum absolute atomic E-state index is 0.0277. The molecule has 0 bridgehead atoms. The van der Waals surface area contributed by atoms with E-state index in [0.717, 1.165) is 11.3 Å². The van der Waals surface area contributed by atoms with Gasteiger partial charge in [-0.25, -0.2) is 9.28 Å². The van der Waals surface area contributed by atoms with Crippen molar-refractivity contribution in [1.82, 2.24) is 4.57 Å². The Morgan fingerprint density at radius 2 is 2.05 bits per heavy atom. The Hall–Kier alpha value is -1.82. The monoisotopic (exact) mass is 309 g/mol. The van der Waals surface area contributed by atoms with Crippen LogP contribution in [-0.4, -0.2) is 44.9 Å². The molecule has 2 heterocycles. The van der Waals surface area contributed by atoms with Crippen molar-refractivity contribution in [2.75, 3.05) is 13.2 Å². The summed E-state index contributed by atoms with van der Waals surface area (Å²) in [5.74, 6) is -0.358. The number of fused-ring (bicyclic) bond motifs is 1. The lowest BCUT2D eigenvalue weighted by molar-refractivity contribution is -0.918. The molecule has 0 aliphatic carbocycles. The predicted molar refractivity (Wildman–Crippen MR) is 81.7 cm³/mol. The van der Waals surface area contributed by atoms with Crippen LogP contribution in [0.15, 0.2) is 6.07 Å². The van der Waals surface area contributed by atoms with Crippen LogP contribution < -0.4 is 0 Å². The maximum atomic E-state index is 12.0. The molecule has 1 atom stereocenters. The van der Waals surface area contributed by atoms with Crippen molar-refractivity contribution in [2.24, 2.45) is 7.05 Å². The van der Waals surface area contributed by atoms with Gasteiger partial charge in [-0.15, -0.1) is 0 Å². The van der Waals surface area contributed by atoms with Crippen molar-refractivity contribution in [1.29, 1.82) is 0 Å². The number of carbonyl (C=O) groups excluding carboxylic acids is 1. The Morgan fingerprint density at radius 3 is 2.55 bits per heavy atom. The fourth-order valence-electron chi connectivity index (χ4n) is 3.20. The molecule has 2 rings (SSSR count). The first kappa shape index (κ1) is 16.5. The number of aromatic nitrogens is 1. The molecule has 0 spiro atoms. The van der Waals surface area contributed by atoms with E-state index in [4.69, 9.17) is 4.74 Å². The van der Waals surface area contributed by atoms with Crippen LogP contribution >= 0.6 is 0 Å². The largest absolute Gasteiger partial charge is 0.514 e. The summed E-state index contributed by atoms with van der Waals surface area (Å²) >= 11 is 0. The molecule has 1 aliphatic rings. The molecule has 22 heavy (non-hydrogen) atoms. The predicted octanol–water partition coefficient (Wildman–Crippen LogP) is 2.55. The van der Waals surface area contributed by atoms with E-state index in [1.165, 1.54) is 0 Å². The first-order valence-electron chi connectivity index (χ1n) is 7.59. The third-order valence-corrected chi connectivity index (χ3v) is 4.77. The molecule has 0 aromatic carbocycles. The number of rotatable bonds is 2. The molecule has 1 aromatic rings. The molecule has 1 N–H and O–H groups in total. The lowest BCUT2D eigenvalue weighted by Crippen LogP contribution is -2.64. The highest BCUT2D eigenvalue weighted by Gasteiger charge is 2.50. The fraction of sp³-hybridized carbons (Fsp3) is 0.625. The van der Waals surface area contributed by atoms with Crippen LogP contribution in [0.25, 0.3) is 0 Å². The SMILES string of the molecule is CCOC(=O)c1cc2c(n1C)C[N+](C(=O)O)(C(C)(C)C)CC2. The van der Waals surface area contributed by atoms with Crippen molar-refractivity contribution in [2.45, 2.75) is 46.2 Å². The molecule has 122 valence electrons. The summed E-state index contributed by atoms with van der Waals surface area (Å²) in [4.78, 5) is 24.0. The normalized spacial score (nSPS) is 21.3. The Kier molecular flexibility index (Phi) is 4.08. The van der Waals surface area contributed by atoms with Crippen LogP contribution in [0.3, 0.4) is 0 Å². The highest BCUT2D eigenvalue weighted by Crippen LogP contribution is 2.35. The van der Waals surface area contributed by atoms with Crippen molar-refractivity contribution in [3.8, 4) is 0 Å². The van der Waals surface area contributed by atoms with Crippen LogP contribution in [0, 0.1) is 0 Å². The van der Waals surface area contributed by atoms with Crippen molar-refractivity contribution in [3.63, 3.8) is 0 Å². The molecule has 1 aromatic heterocycles. The van der Waals surface area contributed by atoms with E-state index < -0.39 is 11.6 Å². The fourth-order valence-corrected chi connectivity index (χ4v) is 3.20. The Morgan fingerprint density at radius 1 is 1.41 bits per heavy atom. The van der Waals surface area contributed by atoms with Crippen LogP contribution in [0.1, 0.15) is 49.4 Å². The molecule has 0 saturated carbocycles. The summed E-state index contributed by atoms with van der Waals surface area (Å²) in [7, 11) is 1.80. The van der Waals surface area contributed by atoms with Gasteiger partial charge >= 0.3 is 12.1 Å². The van der Waals surface area contributed by atoms with Gasteiger partial charge in [0.25, 0.3) is 0 Å². The van der Waals surface area contributed by atoms with Crippen LogP contribution in [-0.2, 0) is 24.8 Å². The summed E-state index contributed by atoms with van der Waals surface area (Å²) in [6.45, 7) is 8.84.